The van der Waals surface area contributed by atoms with Crippen LogP contribution in [0.15, 0.2) is 5.11 Å². The van der Waals surface area contributed by atoms with Crippen LogP contribution in [0.25, 0.3) is 10.4 Å². The number of hydrogen-bond acceptors (Lipinski definition) is 1. The van der Waals surface area contributed by atoms with Gasteiger partial charge in [0, 0.05) is 38.9 Å². The van der Waals surface area contributed by atoms with Gasteiger partial charge in [0.1, 0.15) is 0 Å². The third-order valence-corrected chi connectivity index (χ3v) is 1.42. The van der Waals surface area contributed by atoms with Crippen molar-refractivity contribution in [2.45, 2.75) is 39.0 Å². The molecule has 17 heavy (non-hydrogen) atoms. The third-order valence-electron chi connectivity index (χ3n) is 1.42. The molecule has 0 amide bonds. The molecule has 0 aliphatic rings. The molecule has 0 aliphatic carbocycles. The van der Waals surface area contributed by atoms with Gasteiger partial charge in [-0.15, -0.1) is 0 Å². The Morgan fingerprint density at radius 3 is 1.65 bits per heavy atom. The van der Waals surface area contributed by atoms with Crippen LogP contribution in [-0.4, -0.2) is 6.54 Å². The van der Waals surface area contributed by atoms with Crippen molar-refractivity contribution < 1.29 is 32.1 Å². The minimum atomic E-state index is 0. The highest BCUT2D eigenvalue weighted by molar-refractivity contribution is 4.47. The summed E-state index contributed by atoms with van der Waals surface area (Å²) in [4.78, 5) is 2.68. The molecule has 0 aliphatic heterocycles. The van der Waals surface area contributed by atoms with E-state index in [-0.39, 0.29) is 4.70 Å². The van der Waals surface area contributed by atoms with Crippen LogP contribution >= 0.6 is 0 Å². The third kappa shape index (κ3) is 71.9. The van der Waals surface area contributed by atoms with E-state index in [0.29, 0.717) is 6.54 Å². The van der Waals surface area contributed by atoms with Crippen LogP contribution < -0.4 is 0 Å². The van der Waals surface area contributed by atoms with E-state index >= 15 is 0 Å². The predicted octanol–water partition coefficient (Wildman–Crippen LogP) is 5.94. The number of azide groups is 1. The summed E-state index contributed by atoms with van der Waals surface area (Å²) in [5.74, 6) is 0. The Morgan fingerprint density at radius 1 is 0.882 bits per heavy atom. The Hall–Kier alpha value is -1.18. The lowest BCUT2D eigenvalue weighted by Crippen LogP contribution is -1.79. The van der Waals surface area contributed by atoms with Gasteiger partial charge in [0.25, 0.3) is 0 Å². The Morgan fingerprint density at radius 2 is 1.29 bits per heavy atom. The molecule has 0 saturated carbocycles. The smallest absolute Gasteiger partial charge is 0.0257 e. The van der Waals surface area contributed by atoms with Gasteiger partial charge >= 0.3 is 0 Å². The zero-order valence-electron chi connectivity index (χ0n) is 9.26. The molecule has 3 nitrogen and oxygen atoms in total. The highest BCUT2D eigenvalue weighted by Crippen LogP contribution is 2.01. The summed E-state index contributed by atoms with van der Waals surface area (Å²) in [5, 5.41) is 3.45. The molecular weight excluding hydrogens is 259 g/mol. The molecule has 0 radical (unpaired) electrons. The second-order valence-corrected chi connectivity index (χ2v) is 2.37. The van der Waals surface area contributed by atoms with Gasteiger partial charge in [0.2, 0.25) is 0 Å². The van der Waals surface area contributed by atoms with Crippen LogP contribution in [0.1, 0.15) is 39.0 Å². The Labute approximate surface area is 94.4 Å². The van der Waals surface area contributed by atoms with Crippen molar-refractivity contribution in [1.82, 2.24) is 0 Å². The van der Waals surface area contributed by atoms with Crippen molar-refractivity contribution in [3.05, 3.63) is 10.4 Å². The summed E-state index contributed by atoms with van der Waals surface area (Å²) in [6.07, 6.45) is 6.09. The van der Waals surface area contributed by atoms with E-state index in [1.165, 1.54) is 25.7 Å². The quantitative estimate of drug-likeness (QED) is 0.189. The van der Waals surface area contributed by atoms with Crippen molar-refractivity contribution in [2.75, 3.05) is 6.54 Å². The van der Waals surface area contributed by atoms with Crippen molar-refractivity contribution >= 4 is 0 Å². The molecular formula is C7H16F7N3. The summed E-state index contributed by atoms with van der Waals surface area (Å²) in [7, 11) is 0. The Balaban J connectivity index is -0.0000000594. The lowest BCUT2D eigenvalue weighted by Gasteiger charge is -1.93. The Kier molecular flexibility index (Phi) is 106. The first kappa shape index (κ1) is 29.7. The summed E-state index contributed by atoms with van der Waals surface area (Å²) in [6, 6.07) is 0. The predicted molar refractivity (Wildman–Crippen MR) is 51.9 cm³/mol. The van der Waals surface area contributed by atoms with Gasteiger partial charge in [-0.25, -0.2) is 0 Å². The van der Waals surface area contributed by atoms with E-state index in [2.05, 4.69) is 16.9 Å². The largest absolute Gasteiger partial charge is 0.269 e. The average Bonchev–Trinajstić information content (AvgIpc) is 2.41. The van der Waals surface area contributed by atoms with Crippen molar-refractivity contribution in [1.29, 1.82) is 0 Å². The second kappa shape index (κ2) is 60.9. The molecule has 0 N–H and O–H groups in total. The van der Waals surface area contributed by atoms with Gasteiger partial charge in [0.15, 0.2) is 0 Å². The van der Waals surface area contributed by atoms with Gasteiger partial charge in [0.05, 0.1) is 0 Å². The van der Waals surface area contributed by atoms with E-state index in [1.807, 2.05) is 0 Å². The minimum absolute atomic E-state index is 0. The summed E-state index contributed by atoms with van der Waals surface area (Å²) >= 11 is 0. The highest BCUT2D eigenvalue weighted by Gasteiger charge is 1.85. The van der Waals surface area contributed by atoms with Crippen molar-refractivity contribution in [3.8, 4) is 0 Å². The van der Waals surface area contributed by atoms with Crippen LogP contribution in [0.3, 0.4) is 0 Å². The molecule has 108 valence electrons. The fraction of sp³-hybridized carbons (Fsp3) is 1.00. The van der Waals surface area contributed by atoms with E-state index in [0.717, 1.165) is 6.42 Å². The monoisotopic (exact) mass is 275 g/mol. The standard InChI is InChI=1S/C7H15N3.3F2.FH/c1-2-3-4-5-6-7-9-10-8;3*1-2;/h2-7H2,1H3;;;;1H. The zero-order valence-corrected chi connectivity index (χ0v) is 9.26. The average molecular weight is 275 g/mol. The normalized spacial score (nSPS) is 6.29. The maximum Gasteiger partial charge on any atom is 0.0257 e. The molecule has 0 spiro atoms. The van der Waals surface area contributed by atoms with Gasteiger partial charge < -0.3 is 0 Å². The van der Waals surface area contributed by atoms with Crippen LogP contribution in [0.5, 0.6) is 0 Å². The van der Waals surface area contributed by atoms with E-state index in [4.69, 9.17) is 33.0 Å². The minimum Gasteiger partial charge on any atom is -0.269 e. The number of nitrogens with zero attached hydrogens (tertiary/aromatic N) is 3. The highest BCUT2D eigenvalue weighted by atomic mass is 20.0. The van der Waals surface area contributed by atoms with E-state index in [9.17, 15) is 0 Å². The number of halogens is 7. The van der Waals surface area contributed by atoms with Gasteiger partial charge in [-0.1, -0.05) is 37.7 Å². The molecule has 0 atom stereocenters. The van der Waals surface area contributed by atoms with E-state index in [1.54, 1.807) is 0 Å². The number of rotatable bonds is 6. The van der Waals surface area contributed by atoms with Crippen LogP contribution in [0, 0.1) is 0 Å². The number of hydrogen-bond donors (Lipinski definition) is 0. The second-order valence-electron chi connectivity index (χ2n) is 2.37. The first-order valence-electron chi connectivity index (χ1n) is 4.35. The summed E-state index contributed by atoms with van der Waals surface area (Å²) < 4.78 is 48.0. The van der Waals surface area contributed by atoms with Gasteiger partial charge in [-0.05, 0) is 12.0 Å². The molecule has 0 saturated heterocycles. The molecule has 0 bridgehead atoms. The molecule has 0 unspecified atom stereocenters. The SMILES string of the molecule is CCCCCCCN=[N+]=[N-].F.FF.FF.FF. The molecule has 0 aromatic heterocycles. The summed E-state index contributed by atoms with van der Waals surface area (Å²) in [6.45, 7) is 2.85. The van der Waals surface area contributed by atoms with Gasteiger partial charge in [-0.3, -0.25) is 4.70 Å². The number of unbranched alkanes of at least 4 members (excludes halogenated alkanes) is 4. The van der Waals surface area contributed by atoms with E-state index < -0.39 is 0 Å². The van der Waals surface area contributed by atoms with Crippen LogP contribution in [-0.2, 0) is 0 Å². The van der Waals surface area contributed by atoms with Crippen LogP contribution in [0.2, 0.25) is 0 Å². The zero-order chi connectivity index (χ0) is 13.7. The fourth-order valence-electron chi connectivity index (χ4n) is 0.831. The Bertz CT molecular complexity index is 122. The lowest BCUT2D eigenvalue weighted by atomic mass is 10.2. The molecule has 0 fully saturated rings. The van der Waals surface area contributed by atoms with Crippen LogP contribution in [0.4, 0.5) is 32.1 Å². The molecule has 0 aromatic rings. The molecule has 0 rings (SSSR count). The fourth-order valence-corrected chi connectivity index (χ4v) is 0.831. The first-order valence-corrected chi connectivity index (χ1v) is 4.35. The van der Waals surface area contributed by atoms with Gasteiger partial charge in [-0.2, -0.15) is 0 Å². The maximum absolute atomic E-state index is 8.00. The molecule has 10 heteroatoms. The maximum atomic E-state index is 8.00. The molecule has 0 aromatic carbocycles. The van der Waals surface area contributed by atoms with Crippen molar-refractivity contribution in [3.63, 3.8) is 0 Å². The first-order chi connectivity index (χ1) is 7.91. The molecule has 0 heterocycles. The topological polar surface area (TPSA) is 48.8 Å². The van der Waals surface area contributed by atoms with Crippen molar-refractivity contribution in [2.24, 2.45) is 5.11 Å². The lowest BCUT2D eigenvalue weighted by molar-refractivity contribution is 0.108. The summed E-state index contributed by atoms with van der Waals surface area (Å²) in [5.41, 5.74) is 7.93.